The van der Waals surface area contributed by atoms with E-state index in [-0.39, 0.29) is 14.1 Å². The summed E-state index contributed by atoms with van der Waals surface area (Å²) in [5.41, 5.74) is 0. The van der Waals surface area contributed by atoms with Crippen LogP contribution in [0.4, 0.5) is 14.1 Å². The quantitative estimate of drug-likeness (QED) is 0.240. The van der Waals surface area contributed by atoms with Gasteiger partial charge in [0.2, 0.25) is 0 Å². The van der Waals surface area contributed by atoms with E-state index in [2.05, 4.69) is 133 Å². The summed E-state index contributed by atoms with van der Waals surface area (Å²) in [7, 11) is 0. The van der Waals surface area contributed by atoms with Crippen molar-refractivity contribution in [3.8, 4) is 0 Å². The zero-order valence-electron chi connectivity index (χ0n) is 22.5. The Morgan fingerprint density at radius 2 is 0.611 bits per heavy atom. The lowest BCUT2D eigenvalue weighted by Gasteiger charge is -2.06. The van der Waals surface area contributed by atoms with Crippen molar-refractivity contribution in [3.63, 3.8) is 0 Å². The molecule has 0 radical (unpaired) electrons. The molecule has 0 aromatic heterocycles. The summed E-state index contributed by atoms with van der Waals surface area (Å²) in [5.74, 6) is 0. The summed E-state index contributed by atoms with van der Waals surface area (Å²) in [5, 5.41) is 2.20. The summed E-state index contributed by atoms with van der Waals surface area (Å²) in [6.45, 7) is 13.5. The number of rotatable bonds is 9. The minimum atomic E-state index is 0. The SMILES string of the molecule is CCC(C)Sc1ccccc1.CCC(C)Sc1ccccc1.CCC(C)Sc1ccccc1.F.F.F. The summed E-state index contributed by atoms with van der Waals surface area (Å²) in [6, 6.07) is 31.7. The van der Waals surface area contributed by atoms with Crippen LogP contribution in [0, 0.1) is 0 Å². The summed E-state index contributed by atoms with van der Waals surface area (Å²) >= 11 is 5.83. The number of halogens is 3. The molecule has 0 aliphatic heterocycles. The molecule has 204 valence electrons. The van der Waals surface area contributed by atoms with Gasteiger partial charge >= 0.3 is 0 Å². The Morgan fingerprint density at radius 1 is 0.417 bits per heavy atom. The van der Waals surface area contributed by atoms with E-state index in [1.807, 2.05) is 35.3 Å². The first-order valence-electron chi connectivity index (χ1n) is 12.1. The van der Waals surface area contributed by atoms with E-state index in [0.717, 1.165) is 15.7 Å². The highest BCUT2D eigenvalue weighted by molar-refractivity contribution is 8.00. The molecule has 36 heavy (non-hydrogen) atoms. The molecule has 0 aliphatic rings. The van der Waals surface area contributed by atoms with Gasteiger partial charge in [0, 0.05) is 30.4 Å². The number of thioether (sulfide) groups is 3. The lowest BCUT2D eigenvalue weighted by atomic mass is 10.4. The molecule has 0 heterocycles. The highest BCUT2D eigenvalue weighted by atomic mass is 32.2. The third-order valence-electron chi connectivity index (χ3n) is 4.97. The minimum absolute atomic E-state index is 0. The van der Waals surface area contributed by atoms with E-state index >= 15 is 0 Å². The monoisotopic (exact) mass is 558 g/mol. The predicted octanol–water partition coefficient (Wildman–Crippen LogP) is 11.2. The van der Waals surface area contributed by atoms with Gasteiger partial charge in [-0.25, -0.2) is 0 Å². The van der Waals surface area contributed by atoms with Crippen molar-refractivity contribution >= 4 is 35.3 Å². The van der Waals surface area contributed by atoms with Crippen LogP contribution in [0.15, 0.2) is 106 Å². The maximum Gasteiger partial charge on any atom is 0.00746 e. The van der Waals surface area contributed by atoms with Crippen LogP contribution in [0.1, 0.15) is 60.8 Å². The van der Waals surface area contributed by atoms with Crippen molar-refractivity contribution in [3.05, 3.63) is 91.0 Å². The van der Waals surface area contributed by atoms with Gasteiger partial charge in [0.15, 0.2) is 0 Å². The molecular weight excluding hydrogens is 514 g/mol. The summed E-state index contributed by atoms with van der Waals surface area (Å²) in [6.07, 6.45) is 3.71. The average Bonchev–Trinajstić information content (AvgIpc) is 2.86. The Kier molecular flexibility index (Phi) is 27.3. The van der Waals surface area contributed by atoms with Crippen molar-refractivity contribution in [2.24, 2.45) is 0 Å². The molecule has 6 heteroatoms. The van der Waals surface area contributed by atoms with Gasteiger partial charge in [-0.15, -0.1) is 35.3 Å². The van der Waals surface area contributed by atoms with Gasteiger partial charge in [0.1, 0.15) is 0 Å². The van der Waals surface area contributed by atoms with E-state index < -0.39 is 0 Å². The standard InChI is InChI=1S/3C10H14S.3FH/c3*1-3-9(2)11-10-7-5-4-6-8-10;;;/h3*4-9H,3H2,1-2H3;3*1H. The van der Waals surface area contributed by atoms with Crippen LogP contribution >= 0.6 is 35.3 Å². The second-order valence-electron chi connectivity index (χ2n) is 7.95. The minimum Gasteiger partial charge on any atom is -0.269 e. The van der Waals surface area contributed by atoms with Gasteiger partial charge in [0.05, 0.1) is 0 Å². The third kappa shape index (κ3) is 19.7. The molecule has 0 N–H and O–H groups in total. The van der Waals surface area contributed by atoms with Crippen molar-refractivity contribution in [2.45, 2.75) is 91.2 Å². The maximum atomic E-state index is 2.26. The predicted molar refractivity (Wildman–Crippen MR) is 164 cm³/mol. The van der Waals surface area contributed by atoms with Crippen LogP contribution in [-0.4, -0.2) is 15.7 Å². The highest BCUT2D eigenvalue weighted by Crippen LogP contribution is 2.25. The molecule has 0 amide bonds. The van der Waals surface area contributed by atoms with Crippen molar-refractivity contribution in [1.82, 2.24) is 0 Å². The van der Waals surface area contributed by atoms with Crippen LogP contribution < -0.4 is 0 Å². The second kappa shape index (κ2) is 25.2. The van der Waals surface area contributed by atoms with E-state index in [1.165, 1.54) is 33.9 Å². The van der Waals surface area contributed by atoms with E-state index in [0.29, 0.717) is 0 Å². The van der Waals surface area contributed by atoms with Gasteiger partial charge in [-0.3, -0.25) is 14.1 Å². The van der Waals surface area contributed by atoms with Gasteiger partial charge in [-0.2, -0.15) is 0 Å². The van der Waals surface area contributed by atoms with Gasteiger partial charge < -0.3 is 0 Å². The molecule has 3 rings (SSSR count). The Balaban J connectivity index is -0.000000436. The van der Waals surface area contributed by atoms with Crippen LogP contribution in [0.5, 0.6) is 0 Å². The smallest absolute Gasteiger partial charge is 0.00746 e. The van der Waals surface area contributed by atoms with E-state index in [9.17, 15) is 0 Å². The molecule has 0 aliphatic carbocycles. The largest absolute Gasteiger partial charge is 0.269 e. The van der Waals surface area contributed by atoms with E-state index in [4.69, 9.17) is 0 Å². The van der Waals surface area contributed by atoms with Crippen molar-refractivity contribution < 1.29 is 14.1 Å². The average molecular weight is 559 g/mol. The Labute approximate surface area is 230 Å². The van der Waals surface area contributed by atoms with Crippen LogP contribution in [0.3, 0.4) is 0 Å². The molecule has 0 spiro atoms. The molecule has 0 nitrogen and oxygen atoms in total. The van der Waals surface area contributed by atoms with Crippen LogP contribution in [0.2, 0.25) is 0 Å². The van der Waals surface area contributed by atoms with Crippen LogP contribution in [0.25, 0.3) is 0 Å². The van der Waals surface area contributed by atoms with Crippen molar-refractivity contribution in [1.29, 1.82) is 0 Å². The molecule has 0 bridgehead atoms. The third-order valence-corrected chi connectivity index (χ3v) is 8.81. The maximum absolute atomic E-state index is 2.26. The fraction of sp³-hybridized carbons (Fsp3) is 0.400. The first-order chi connectivity index (χ1) is 16.0. The molecular formula is C30H45F3S3. The lowest BCUT2D eigenvalue weighted by Crippen LogP contribution is -1.90. The summed E-state index contributed by atoms with van der Waals surface area (Å²) in [4.78, 5) is 4.13. The molecule has 3 unspecified atom stereocenters. The molecule has 3 atom stereocenters. The Hall–Kier alpha value is -1.50. The zero-order valence-corrected chi connectivity index (χ0v) is 24.9. The fourth-order valence-electron chi connectivity index (χ4n) is 2.44. The topological polar surface area (TPSA) is 0 Å². The number of benzene rings is 3. The van der Waals surface area contributed by atoms with Crippen LogP contribution in [-0.2, 0) is 0 Å². The normalized spacial score (nSPS) is 11.8. The molecule has 3 aromatic carbocycles. The lowest BCUT2D eigenvalue weighted by molar-refractivity contribution is 0.905. The van der Waals surface area contributed by atoms with Gasteiger partial charge in [-0.1, -0.05) is 96.1 Å². The number of hydrogen-bond donors (Lipinski definition) is 0. The van der Waals surface area contributed by atoms with E-state index in [1.54, 1.807) is 0 Å². The second-order valence-corrected chi connectivity index (χ2v) is 12.5. The number of hydrogen-bond acceptors (Lipinski definition) is 3. The van der Waals surface area contributed by atoms with Gasteiger partial charge in [0.25, 0.3) is 0 Å². The first kappa shape index (κ1) is 39.0. The Morgan fingerprint density at radius 3 is 0.778 bits per heavy atom. The molecule has 3 aromatic rings. The molecule has 0 saturated heterocycles. The van der Waals surface area contributed by atoms with Crippen molar-refractivity contribution in [2.75, 3.05) is 0 Å². The zero-order chi connectivity index (χ0) is 24.3. The Bertz CT molecular complexity index is 708. The highest BCUT2D eigenvalue weighted by Gasteiger charge is 2.00. The first-order valence-corrected chi connectivity index (χ1v) is 14.8. The van der Waals surface area contributed by atoms with Gasteiger partial charge in [-0.05, 0) is 55.7 Å². The molecule has 0 fully saturated rings. The molecule has 0 saturated carbocycles. The summed E-state index contributed by atoms with van der Waals surface area (Å²) < 4.78 is 0. The fourth-order valence-corrected chi connectivity index (χ4v) is 5.28.